The highest BCUT2D eigenvalue weighted by Crippen LogP contribution is 2.41. The van der Waals surface area contributed by atoms with Gasteiger partial charge >= 0.3 is 6.01 Å². The van der Waals surface area contributed by atoms with Gasteiger partial charge in [0.1, 0.15) is 22.9 Å². The summed E-state index contributed by atoms with van der Waals surface area (Å²) < 4.78 is 44.7. The first kappa shape index (κ1) is 28.4. The molecule has 4 aromatic rings. The summed E-state index contributed by atoms with van der Waals surface area (Å²) in [7, 11) is 0. The van der Waals surface area contributed by atoms with Crippen LogP contribution in [0.4, 0.5) is 14.6 Å². The number of phenolic OH excluding ortho intramolecular Hbond substituents is 1. The van der Waals surface area contributed by atoms with Gasteiger partial charge in [0.15, 0.2) is 5.82 Å². The van der Waals surface area contributed by atoms with E-state index in [4.69, 9.17) is 14.5 Å². The maximum Gasteiger partial charge on any atom is 0.319 e. The lowest BCUT2D eigenvalue weighted by atomic mass is 9.93. The van der Waals surface area contributed by atoms with Crippen LogP contribution < -0.4 is 15.0 Å². The molecule has 11 heteroatoms. The Morgan fingerprint density at radius 2 is 1.82 bits per heavy atom. The molecular weight excluding hydrogens is 578 g/mol. The highest BCUT2D eigenvalue weighted by Gasteiger charge is 2.37. The molecule has 4 saturated heterocycles. The topological polar surface area (TPSA) is 107 Å². The van der Waals surface area contributed by atoms with E-state index in [2.05, 4.69) is 26.2 Å². The molecule has 4 aliphatic rings. The molecule has 4 aliphatic heterocycles. The molecule has 4 fully saturated rings. The molecule has 0 saturated carbocycles. The summed E-state index contributed by atoms with van der Waals surface area (Å²) in [5.74, 6) is -1.43. The van der Waals surface area contributed by atoms with Gasteiger partial charge in [0.05, 0.1) is 37.0 Å². The van der Waals surface area contributed by atoms with Crippen LogP contribution in [-0.2, 0) is 4.74 Å². The molecule has 0 aliphatic carbocycles. The van der Waals surface area contributed by atoms with Gasteiger partial charge in [-0.05, 0) is 61.8 Å². The van der Waals surface area contributed by atoms with E-state index in [1.54, 1.807) is 18.2 Å². The van der Waals surface area contributed by atoms with E-state index in [1.807, 2.05) is 0 Å². The Kier molecular flexibility index (Phi) is 7.16. The maximum atomic E-state index is 16.7. The number of benzene rings is 3. The number of aromatic hydroxyl groups is 1. The van der Waals surface area contributed by atoms with Crippen LogP contribution in [-0.4, -0.2) is 83.6 Å². The molecule has 0 radical (unpaired) electrons. The average Bonchev–Trinajstić information content (AvgIpc) is 3.48. The van der Waals surface area contributed by atoms with Crippen molar-refractivity contribution in [1.82, 2.24) is 20.2 Å². The van der Waals surface area contributed by atoms with Gasteiger partial charge in [-0.15, -0.1) is 0 Å². The quantitative estimate of drug-likeness (QED) is 0.283. The number of nitriles is 1. The van der Waals surface area contributed by atoms with Crippen LogP contribution in [0.1, 0.15) is 37.7 Å². The molecule has 4 atom stereocenters. The van der Waals surface area contributed by atoms with Crippen LogP contribution in [0, 0.1) is 23.0 Å². The molecule has 9 nitrogen and oxygen atoms in total. The Morgan fingerprint density at radius 3 is 2.58 bits per heavy atom. The number of nitrogens with zero attached hydrogens (tertiary/aromatic N) is 5. The van der Waals surface area contributed by atoms with E-state index in [0.717, 1.165) is 51.9 Å². The second-order valence-electron chi connectivity index (χ2n) is 12.7. The number of rotatable bonds is 7. The summed E-state index contributed by atoms with van der Waals surface area (Å²) in [5, 5.41) is 25.0. The van der Waals surface area contributed by atoms with Gasteiger partial charge in [-0.3, -0.25) is 4.90 Å². The first-order chi connectivity index (χ1) is 22.0. The van der Waals surface area contributed by atoms with Gasteiger partial charge in [-0.25, -0.2) is 8.78 Å². The van der Waals surface area contributed by atoms with E-state index in [1.165, 1.54) is 18.2 Å². The standard InChI is InChI=1S/C34H34F2N6O3/c35-28-13-27-32(31(36)30(28)26-12-25(43)11-19-3-1-4-20(14-37)29(19)26)39-34(40-33(27)41-15-21-5-6-22(16-41)38-21)45-10-2-9-42-23-7-8-24(42)18-44-17-23/h1,3-4,11-13,21-24,38,43H,2,5-10,15-18H2. The van der Waals surface area contributed by atoms with Gasteiger partial charge in [0, 0.05) is 60.1 Å². The van der Waals surface area contributed by atoms with Crippen LogP contribution in [0.3, 0.4) is 0 Å². The van der Waals surface area contributed by atoms with Gasteiger partial charge in [0.2, 0.25) is 0 Å². The fourth-order valence-electron chi connectivity index (χ4n) is 7.87. The Morgan fingerprint density at radius 1 is 1.04 bits per heavy atom. The zero-order valence-corrected chi connectivity index (χ0v) is 24.8. The second kappa shape index (κ2) is 11.4. The number of hydrogen-bond donors (Lipinski definition) is 2. The zero-order chi connectivity index (χ0) is 30.7. The third kappa shape index (κ3) is 5.01. The predicted octanol–water partition coefficient (Wildman–Crippen LogP) is 4.88. The highest BCUT2D eigenvalue weighted by atomic mass is 19.1. The lowest BCUT2D eigenvalue weighted by Gasteiger charge is -2.34. The van der Waals surface area contributed by atoms with Gasteiger partial charge < -0.3 is 24.8 Å². The van der Waals surface area contributed by atoms with Gasteiger partial charge in [0.25, 0.3) is 0 Å². The van der Waals surface area contributed by atoms with E-state index >= 15 is 8.78 Å². The summed E-state index contributed by atoms with van der Waals surface area (Å²) >= 11 is 0. The zero-order valence-electron chi connectivity index (χ0n) is 24.8. The SMILES string of the molecule is N#Cc1cccc2cc(O)cc(-c3c(F)cc4c(N5CC6CCC(C5)N6)nc(OCCCN5C6CCC5COC6)nc4c3F)c12. The largest absolute Gasteiger partial charge is 0.508 e. The number of morpholine rings is 1. The van der Waals surface area contributed by atoms with Gasteiger partial charge in [-0.2, -0.15) is 15.2 Å². The number of phenols is 1. The summed E-state index contributed by atoms with van der Waals surface area (Å²) in [6.45, 7) is 4.08. The number of nitrogens with one attached hydrogen (secondary N) is 1. The fraction of sp³-hybridized carbons (Fsp3) is 0.441. The third-order valence-corrected chi connectivity index (χ3v) is 9.89. The predicted molar refractivity (Wildman–Crippen MR) is 165 cm³/mol. The minimum atomic E-state index is -0.888. The van der Waals surface area contributed by atoms with Crippen molar-refractivity contribution in [3.05, 3.63) is 53.6 Å². The minimum Gasteiger partial charge on any atom is -0.508 e. The van der Waals surface area contributed by atoms with E-state index in [9.17, 15) is 10.4 Å². The highest BCUT2D eigenvalue weighted by molar-refractivity contribution is 6.04. The van der Waals surface area contributed by atoms with Crippen molar-refractivity contribution < 1.29 is 23.4 Å². The number of piperazine rings is 1. The molecule has 2 N–H and O–H groups in total. The van der Waals surface area contributed by atoms with E-state index < -0.39 is 11.6 Å². The normalized spacial score (nSPS) is 24.4. The molecule has 4 unspecified atom stereocenters. The number of hydrogen-bond acceptors (Lipinski definition) is 9. The molecule has 0 spiro atoms. The first-order valence-electron chi connectivity index (χ1n) is 15.8. The molecule has 3 aromatic carbocycles. The van der Waals surface area contributed by atoms with Crippen molar-refractivity contribution in [2.24, 2.45) is 0 Å². The molecule has 1 aromatic heterocycles. The van der Waals surface area contributed by atoms with E-state index in [-0.39, 0.29) is 51.4 Å². The van der Waals surface area contributed by atoms with Crippen molar-refractivity contribution in [2.75, 3.05) is 44.4 Å². The lowest BCUT2D eigenvalue weighted by molar-refractivity contribution is -0.0161. The first-order valence-corrected chi connectivity index (χ1v) is 15.8. The molecule has 45 heavy (non-hydrogen) atoms. The van der Waals surface area contributed by atoms with Crippen LogP contribution >= 0.6 is 0 Å². The molecule has 8 rings (SSSR count). The lowest BCUT2D eigenvalue weighted by Crippen LogP contribution is -2.51. The fourth-order valence-corrected chi connectivity index (χ4v) is 7.87. The summed E-state index contributed by atoms with van der Waals surface area (Å²) in [6, 6.07) is 12.6. The number of anilines is 1. The average molecular weight is 613 g/mol. The van der Waals surface area contributed by atoms with Crippen molar-refractivity contribution in [3.8, 4) is 29.0 Å². The molecule has 232 valence electrons. The van der Waals surface area contributed by atoms with Crippen LogP contribution in [0.2, 0.25) is 0 Å². The summed E-state index contributed by atoms with van der Waals surface area (Å²) in [4.78, 5) is 13.8. The number of fused-ring (bicyclic) bond motifs is 6. The Balaban J connectivity index is 1.19. The van der Waals surface area contributed by atoms with Gasteiger partial charge in [-0.1, -0.05) is 12.1 Å². The second-order valence-corrected chi connectivity index (χ2v) is 12.7. The maximum absolute atomic E-state index is 16.7. The Labute approximate surface area is 259 Å². The minimum absolute atomic E-state index is 0.0447. The van der Waals surface area contributed by atoms with Crippen molar-refractivity contribution >= 4 is 27.5 Å². The smallest absolute Gasteiger partial charge is 0.319 e. The number of ether oxygens (including phenoxy) is 2. The third-order valence-electron chi connectivity index (χ3n) is 9.89. The molecule has 5 heterocycles. The van der Waals surface area contributed by atoms with Crippen molar-refractivity contribution in [2.45, 2.75) is 56.3 Å². The molecule has 0 amide bonds. The summed E-state index contributed by atoms with van der Waals surface area (Å²) in [5.41, 5.74) is -0.0832. The Bertz CT molecular complexity index is 1820. The van der Waals surface area contributed by atoms with Crippen molar-refractivity contribution in [3.63, 3.8) is 0 Å². The monoisotopic (exact) mass is 612 g/mol. The molecular formula is C34H34F2N6O3. The number of halogens is 2. The van der Waals surface area contributed by atoms with E-state index in [0.29, 0.717) is 48.4 Å². The van der Waals surface area contributed by atoms with Crippen LogP contribution in [0.15, 0.2) is 36.4 Å². The Hall–Kier alpha value is -4.11. The van der Waals surface area contributed by atoms with Crippen molar-refractivity contribution in [1.29, 1.82) is 5.26 Å². The van der Waals surface area contributed by atoms with Crippen LogP contribution in [0.25, 0.3) is 32.8 Å². The number of aromatic nitrogens is 2. The van der Waals surface area contributed by atoms with Crippen LogP contribution in [0.5, 0.6) is 11.8 Å². The summed E-state index contributed by atoms with van der Waals surface area (Å²) in [6.07, 6.45) is 5.13. The molecule has 4 bridgehead atoms.